The van der Waals surface area contributed by atoms with E-state index in [0.29, 0.717) is 4.75 Å². The maximum atomic E-state index is 5.81. The highest BCUT2D eigenvalue weighted by atomic mass is 32.2. The van der Waals surface area contributed by atoms with E-state index in [0.717, 1.165) is 50.5 Å². The summed E-state index contributed by atoms with van der Waals surface area (Å²) in [7, 11) is 0. The lowest BCUT2D eigenvalue weighted by atomic mass is 9.98. The second kappa shape index (κ2) is 6.82. The molecule has 1 atom stereocenters. The van der Waals surface area contributed by atoms with Crippen molar-refractivity contribution in [2.45, 2.75) is 43.9 Å². The van der Waals surface area contributed by atoms with Crippen LogP contribution in [0.1, 0.15) is 44.3 Å². The Morgan fingerprint density at radius 3 is 2.68 bits per heavy atom. The van der Waals surface area contributed by atoms with Crippen LogP contribution in [-0.4, -0.2) is 30.8 Å². The minimum atomic E-state index is 0.271. The summed E-state index contributed by atoms with van der Waals surface area (Å²) in [6.45, 7) is 7.08. The third-order valence-electron chi connectivity index (χ3n) is 4.03. The van der Waals surface area contributed by atoms with Crippen molar-refractivity contribution in [3.8, 4) is 0 Å². The maximum Gasteiger partial charge on any atom is 0.120 e. The molecule has 0 radical (unpaired) electrons. The van der Waals surface area contributed by atoms with Gasteiger partial charge in [0.2, 0.25) is 0 Å². The lowest BCUT2D eigenvalue weighted by Crippen LogP contribution is -2.43. The molecule has 1 unspecified atom stereocenters. The third-order valence-corrected chi connectivity index (χ3v) is 5.44. The van der Waals surface area contributed by atoms with E-state index in [1.165, 1.54) is 0 Å². The van der Waals surface area contributed by atoms with Crippen LogP contribution in [-0.2, 0) is 11.2 Å². The molecule has 2 rings (SSSR count). The van der Waals surface area contributed by atoms with Crippen molar-refractivity contribution in [2.24, 2.45) is 0 Å². The predicted molar refractivity (Wildman–Crippen MR) is 80.8 cm³/mol. The number of furan rings is 1. The Morgan fingerprint density at radius 2 is 2.11 bits per heavy atom. The van der Waals surface area contributed by atoms with Crippen molar-refractivity contribution in [2.75, 3.05) is 26.0 Å². The van der Waals surface area contributed by atoms with Crippen LogP contribution in [0.3, 0.4) is 0 Å². The molecule has 1 aromatic heterocycles. The first kappa shape index (κ1) is 14.9. The zero-order valence-electron chi connectivity index (χ0n) is 12.2. The molecule has 4 heteroatoms. The van der Waals surface area contributed by atoms with Crippen molar-refractivity contribution in [1.29, 1.82) is 0 Å². The minimum absolute atomic E-state index is 0.271. The molecule has 2 heterocycles. The maximum absolute atomic E-state index is 5.81. The van der Waals surface area contributed by atoms with Gasteiger partial charge < -0.3 is 14.5 Å². The molecule has 1 N–H and O–H groups in total. The monoisotopic (exact) mass is 283 g/mol. The topological polar surface area (TPSA) is 34.4 Å². The minimum Gasteiger partial charge on any atom is -0.464 e. The summed E-state index contributed by atoms with van der Waals surface area (Å²) in [6.07, 6.45) is 5.43. The number of aryl methyl sites for hydroxylation is 1. The Kier molecular flexibility index (Phi) is 5.37. The number of ether oxygens (including phenoxy) is 1. The fraction of sp³-hybridized carbons (Fsp3) is 0.733. The van der Waals surface area contributed by atoms with Gasteiger partial charge in [-0.2, -0.15) is 11.8 Å². The molecule has 1 saturated heterocycles. The number of hydrogen-bond acceptors (Lipinski definition) is 4. The van der Waals surface area contributed by atoms with E-state index in [2.05, 4.69) is 37.6 Å². The van der Waals surface area contributed by atoms with E-state index >= 15 is 0 Å². The molecule has 0 amide bonds. The molecule has 0 bridgehead atoms. The predicted octanol–water partition coefficient (Wildman–Crippen LogP) is 3.40. The molecule has 0 spiro atoms. The summed E-state index contributed by atoms with van der Waals surface area (Å²) in [5, 5.41) is 3.63. The number of nitrogens with one attached hydrogen (secondary N) is 1. The standard InChI is InChI=1S/C15H25NO2S/c1-4-13-5-6-14(18-13)12(2)16-11-15(19-3)7-9-17-10-8-15/h5-6,12,16H,4,7-11H2,1-3H3. The van der Waals surface area contributed by atoms with Crippen molar-refractivity contribution in [3.63, 3.8) is 0 Å². The highest BCUT2D eigenvalue weighted by Crippen LogP contribution is 2.33. The van der Waals surface area contributed by atoms with Crippen LogP contribution in [0.25, 0.3) is 0 Å². The van der Waals surface area contributed by atoms with Crippen LogP contribution in [0.15, 0.2) is 16.5 Å². The Balaban J connectivity index is 1.89. The summed E-state index contributed by atoms with van der Waals surface area (Å²) in [5.41, 5.74) is 0. The highest BCUT2D eigenvalue weighted by Gasteiger charge is 2.32. The van der Waals surface area contributed by atoms with E-state index in [9.17, 15) is 0 Å². The first-order valence-corrected chi connectivity index (χ1v) is 8.36. The van der Waals surface area contributed by atoms with E-state index in [1.807, 2.05) is 11.8 Å². The smallest absolute Gasteiger partial charge is 0.120 e. The Bertz CT molecular complexity index is 385. The van der Waals surface area contributed by atoms with Gasteiger partial charge in [-0.3, -0.25) is 0 Å². The zero-order chi connectivity index (χ0) is 13.7. The number of rotatable bonds is 6. The fourth-order valence-corrected chi connectivity index (χ4v) is 3.26. The largest absolute Gasteiger partial charge is 0.464 e. The van der Waals surface area contributed by atoms with Crippen LogP contribution < -0.4 is 5.32 Å². The molecule has 1 aliphatic heterocycles. The molecule has 1 aliphatic rings. The van der Waals surface area contributed by atoms with Gasteiger partial charge in [0.1, 0.15) is 11.5 Å². The van der Waals surface area contributed by atoms with Crippen molar-refractivity contribution >= 4 is 11.8 Å². The van der Waals surface area contributed by atoms with Gasteiger partial charge in [0.05, 0.1) is 6.04 Å². The molecule has 19 heavy (non-hydrogen) atoms. The van der Waals surface area contributed by atoms with Gasteiger partial charge in [0.15, 0.2) is 0 Å². The second-order valence-electron chi connectivity index (χ2n) is 5.26. The van der Waals surface area contributed by atoms with Gasteiger partial charge in [-0.05, 0) is 38.2 Å². The van der Waals surface area contributed by atoms with Crippen LogP contribution >= 0.6 is 11.8 Å². The van der Waals surface area contributed by atoms with Crippen molar-refractivity contribution in [3.05, 3.63) is 23.7 Å². The van der Waals surface area contributed by atoms with E-state index < -0.39 is 0 Å². The van der Waals surface area contributed by atoms with E-state index in [1.54, 1.807) is 0 Å². The Morgan fingerprint density at radius 1 is 1.37 bits per heavy atom. The van der Waals surface area contributed by atoms with E-state index in [4.69, 9.17) is 9.15 Å². The van der Waals surface area contributed by atoms with Crippen LogP contribution in [0.5, 0.6) is 0 Å². The van der Waals surface area contributed by atoms with Gasteiger partial charge in [-0.1, -0.05) is 6.92 Å². The Hall–Kier alpha value is -0.450. The summed E-state index contributed by atoms with van der Waals surface area (Å²) in [4.78, 5) is 0. The molecule has 1 fully saturated rings. The second-order valence-corrected chi connectivity index (χ2v) is 6.53. The van der Waals surface area contributed by atoms with Crippen LogP contribution in [0.4, 0.5) is 0 Å². The zero-order valence-corrected chi connectivity index (χ0v) is 13.0. The quantitative estimate of drug-likeness (QED) is 0.867. The summed E-state index contributed by atoms with van der Waals surface area (Å²) < 4.78 is 11.6. The molecule has 0 aliphatic carbocycles. The van der Waals surface area contributed by atoms with Crippen molar-refractivity contribution in [1.82, 2.24) is 5.32 Å². The molecule has 3 nitrogen and oxygen atoms in total. The molecule has 1 aromatic rings. The van der Waals surface area contributed by atoms with Crippen LogP contribution in [0, 0.1) is 0 Å². The highest BCUT2D eigenvalue weighted by molar-refractivity contribution is 8.00. The van der Waals surface area contributed by atoms with Gasteiger partial charge in [-0.15, -0.1) is 0 Å². The SMILES string of the molecule is CCc1ccc(C(C)NCC2(SC)CCOCC2)o1. The Labute approximate surface area is 120 Å². The fourth-order valence-electron chi connectivity index (χ4n) is 2.45. The van der Waals surface area contributed by atoms with Gasteiger partial charge in [0, 0.05) is 30.9 Å². The first-order chi connectivity index (χ1) is 9.19. The lowest BCUT2D eigenvalue weighted by molar-refractivity contribution is 0.0764. The normalized spacial score (nSPS) is 20.4. The summed E-state index contributed by atoms with van der Waals surface area (Å²) in [5.74, 6) is 2.11. The summed E-state index contributed by atoms with van der Waals surface area (Å²) in [6, 6.07) is 4.44. The first-order valence-electron chi connectivity index (χ1n) is 7.14. The molecular weight excluding hydrogens is 258 g/mol. The van der Waals surface area contributed by atoms with Gasteiger partial charge in [-0.25, -0.2) is 0 Å². The molecule has 0 aromatic carbocycles. The average Bonchev–Trinajstić information content (AvgIpc) is 2.95. The molecular formula is C15H25NO2S. The van der Waals surface area contributed by atoms with Gasteiger partial charge >= 0.3 is 0 Å². The third kappa shape index (κ3) is 3.77. The summed E-state index contributed by atoms with van der Waals surface area (Å²) >= 11 is 1.97. The number of hydrogen-bond donors (Lipinski definition) is 1. The number of thioether (sulfide) groups is 1. The van der Waals surface area contributed by atoms with Crippen LogP contribution in [0.2, 0.25) is 0 Å². The molecule has 0 saturated carbocycles. The van der Waals surface area contributed by atoms with Crippen molar-refractivity contribution < 1.29 is 9.15 Å². The lowest BCUT2D eigenvalue weighted by Gasteiger charge is -2.36. The van der Waals surface area contributed by atoms with Gasteiger partial charge in [0.25, 0.3) is 0 Å². The van der Waals surface area contributed by atoms with E-state index in [-0.39, 0.29) is 6.04 Å². The average molecular weight is 283 g/mol. The molecule has 108 valence electrons.